The van der Waals surface area contributed by atoms with Crippen molar-refractivity contribution in [2.24, 2.45) is 11.3 Å². The molecule has 1 rings (SSSR count). The van der Waals surface area contributed by atoms with Gasteiger partial charge in [-0.2, -0.15) is 0 Å². The first-order valence-electron chi connectivity index (χ1n) is 6.54. The van der Waals surface area contributed by atoms with Crippen molar-refractivity contribution in [3.63, 3.8) is 0 Å². The van der Waals surface area contributed by atoms with Crippen molar-refractivity contribution in [1.29, 1.82) is 0 Å². The fraction of sp³-hybridized carbons (Fsp3) is 1.00. The Balaban J connectivity index is 2.41. The largest absolute Gasteiger partial charge is 0.381 e. The summed E-state index contributed by atoms with van der Waals surface area (Å²) >= 11 is 0. The first kappa shape index (κ1) is 14.0. The molecule has 0 aromatic heterocycles. The highest BCUT2D eigenvalue weighted by atomic mass is 16.5. The average molecular weight is 227 g/mol. The van der Waals surface area contributed by atoms with Crippen molar-refractivity contribution in [2.75, 3.05) is 26.8 Å². The maximum Gasteiger partial charge on any atom is 0.0495 e. The number of ether oxygens (including phenoxy) is 1. The smallest absolute Gasteiger partial charge is 0.0495 e. The lowest BCUT2D eigenvalue weighted by Gasteiger charge is -2.46. The first-order valence-corrected chi connectivity index (χ1v) is 6.54. The van der Waals surface area contributed by atoms with Crippen molar-refractivity contribution in [2.45, 2.75) is 53.0 Å². The fourth-order valence-electron chi connectivity index (χ4n) is 2.04. The Hall–Kier alpha value is -0.0800. The molecule has 1 atom stereocenters. The molecule has 1 aliphatic rings. The molecule has 0 aromatic rings. The summed E-state index contributed by atoms with van der Waals surface area (Å²) in [5.41, 5.74) is 0.556. The maximum absolute atomic E-state index is 5.42. The Bertz CT molecular complexity index is 211. The molecule has 2 heteroatoms. The quantitative estimate of drug-likeness (QED) is 0.731. The summed E-state index contributed by atoms with van der Waals surface area (Å²) in [5, 5.41) is 0. The zero-order valence-corrected chi connectivity index (χ0v) is 12.0. The van der Waals surface area contributed by atoms with E-state index in [1.807, 2.05) is 0 Å². The van der Waals surface area contributed by atoms with Crippen molar-refractivity contribution in [3.8, 4) is 0 Å². The summed E-state index contributed by atoms with van der Waals surface area (Å²) in [6.45, 7) is 14.8. The minimum absolute atomic E-state index is 0.243. The number of hydrogen-bond donors (Lipinski definition) is 0. The molecule has 0 spiro atoms. The Morgan fingerprint density at radius 3 is 2.25 bits per heavy atom. The van der Waals surface area contributed by atoms with Crippen LogP contribution in [0.25, 0.3) is 0 Å². The number of nitrogens with zero attached hydrogens (tertiary/aromatic N) is 1. The average Bonchev–Trinajstić information content (AvgIpc) is 2.64. The fourth-order valence-corrected chi connectivity index (χ4v) is 2.04. The molecule has 0 aromatic carbocycles. The molecule has 96 valence electrons. The Morgan fingerprint density at radius 1 is 1.19 bits per heavy atom. The van der Waals surface area contributed by atoms with E-state index in [0.717, 1.165) is 19.1 Å². The Kier molecular flexibility index (Phi) is 4.42. The SMILES string of the molecule is CN(CCC1CCOC1)C(C)(C)C(C)(C)C. The van der Waals surface area contributed by atoms with Crippen LogP contribution in [0.1, 0.15) is 47.5 Å². The lowest BCUT2D eigenvalue weighted by molar-refractivity contribution is 0.0388. The summed E-state index contributed by atoms with van der Waals surface area (Å²) in [5.74, 6) is 0.790. The predicted molar refractivity (Wildman–Crippen MR) is 69.7 cm³/mol. The van der Waals surface area contributed by atoms with Gasteiger partial charge in [0.1, 0.15) is 0 Å². The second-order valence-corrected chi connectivity index (χ2v) is 6.75. The van der Waals surface area contributed by atoms with Crippen LogP contribution < -0.4 is 0 Å². The second-order valence-electron chi connectivity index (χ2n) is 6.75. The van der Waals surface area contributed by atoms with E-state index < -0.39 is 0 Å². The minimum Gasteiger partial charge on any atom is -0.381 e. The molecule has 2 nitrogen and oxygen atoms in total. The normalized spacial score (nSPS) is 23.1. The van der Waals surface area contributed by atoms with E-state index in [1.165, 1.54) is 19.4 Å². The molecule has 0 N–H and O–H groups in total. The highest BCUT2D eigenvalue weighted by Crippen LogP contribution is 2.34. The molecule has 1 aliphatic heterocycles. The third-order valence-corrected chi connectivity index (χ3v) is 4.69. The van der Waals surface area contributed by atoms with Gasteiger partial charge in [-0.3, -0.25) is 0 Å². The molecule has 1 fully saturated rings. The van der Waals surface area contributed by atoms with Gasteiger partial charge < -0.3 is 9.64 Å². The van der Waals surface area contributed by atoms with Gasteiger partial charge in [0.05, 0.1) is 0 Å². The lowest BCUT2D eigenvalue weighted by atomic mass is 9.75. The van der Waals surface area contributed by atoms with Gasteiger partial charge in [-0.05, 0) is 51.6 Å². The summed E-state index contributed by atoms with van der Waals surface area (Å²) in [6.07, 6.45) is 2.53. The van der Waals surface area contributed by atoms with Gasteiger partial charge in [0, 0.05) is 18.8 Å². The van der Waals surface area contributed by atoms with Gasteiger partial charge in [0.15, 0.2) is 0 Å². The van der Waals surface area contributed by atoms with Crippen molar-refractivity contribution in [1.82, 2.24) is 4.90 Å². The van der Waals surface area contributed by atoms with Gasteiger partial charge >= 0.3 is 0 Å². The van der Waals surface area contributed by atoms with Crippen LogP contribution in [-0.4, -0.2) is 37.2 Å². The Morgan fingerprint density at radius 2 is 1.81 bits per heavy atom. The summed E-state index contributed by atoms with van der Waals surface area (Å²) in [6, 6.07) is 0. The molecule has 1 heterocycles. The predicted octanol–water partition coefficient (Wildman–Crippen LogP) is 3.17. The van der Waals surface area contributed by atoms with Crippen LogP contribution in [0, 0.1) is 11.3 Å². The molecular weight excluding hydrogens is 198 g/mol. The molecule has 0 radical (unpaired) electrons. The minimum atomic E-state index is 0.243. The highest BCUT2D eigenvalue weighted by Gasteiger charge is 2.36. The third kappa shape index (κ3) is 3.21. The van der Waals surface area contributed by atoms with E-state index in [4.69, 9.17) is 4.74 Å². The van der Waals surface area contributed by atoms with E-state index in [2.05, 4.69) is 46.6 Å². The van der Waals surface area contributed by atoms with E-state index in [0.29, 0.717) is 5.41 Å². The summed E-state index contributed by atoms with van der Waals surface area (Å²) in [4.78, 5) is 2.51. The molecule has 0 amide bonds. The summed E-state index contributed by atoms with van der Waals surface area (Å²) < 4.78 is 5.42. The van der Waals surface area contributed by atoms with Gasteiger partial charge in [-0.1, -0.05) is 20.8 Å². The number of rotatable bonds is 4. The molecule has 0 saturated carbocycles. The summed E-state index contributed by atoms with van der Waals surface area (Å²) in [7, 11) is 2.25. The topological polar surface area (TPSA) is 12.5 Å². The Labute approximate surface area is 101 Å². The van der Waals surface area contributed by atoms with Crippen LogP contribution in [0.5, 0.6) is 0 Å². The lowest BCUT2D eigenvalue weighted by Crippen LogP contribution is -2.51. The van der Waals surface area contributed by atoms with E-state index >= 15 is 0 Å². The van der Waals surface area contributed by atoms with Gasteiger partial charge in [0.2, 0.25) is 0 Å². The van der Waals surface area contributed by atoms with Crippen LogP contribution in [0.4, 0.5) is 0 Å². The van der Waals surface area contributed by atoms with Gasteiger partial charge in [-0.15, -0.1) is 0 Å². The third-order valence-electron chi connectivity index (χ3n) is 4.69. The van der Waals surface area contributed by atoms with E-state index in [9.17, 15) is 0 Å². The van der Waals surface area contributed by atoms with Crippen LogP contribution in [0.3, 0.4) is 0 Å². The van der Waals surface area contributed by atoms with Crippen LogP contribution in [-0.2, 0) is 4.74 Å². The monoisotopic (exact) mass is 227 g/mol. The molecule has 16 heavy (non-hydrogen) atoms. The van der Waals surface area contributed by atoms with Crippen LogP contribution >= 0.6 is 0 Å². The van der Waals surface area contributed by atoms with Crippen molar-refractivity contribution < 1.29 is 4.74 Å². The molecular formula is C14H29NO. The van der Waals surface area contributed by atoms with Crippen molar-refractivity contribution >= 4 is 0 Å². The van der Waals surface area contributed by atoms with Gasteiger partial charge in [-0.25, -0.2) is 0 Å². The van der Waals surface area contributed by atoms with Crippen molar-refractivity contribution in [3.05, 3.63) is 0 Å². The first-order chi connectivity index (χ1) is 7.25. The van der Waals surface area contributed by atoms with Crippen LogP contribution in [0.2, 0.25) is 0 Å². The number of hydrogen-bond acceptors (Lipinski definition) is 2. The van der Waals surface area contributed by atoms with Gasteiger partial charge in [0.25, 0.3) is 0 Å². The molecule has 0 aliphatic carbocycles. The second kappa shape index (κ2) is 5.05. The zero-order valence-electron chi connectivity index (χ0n) is 12.0. The molecule has 1 saturated heterocycles. The highest BCUT2D eigenvalue weighted by molar-refractivity contribution is 4.91. The van der Waals surface area contributed by atoms with E-state index in [1.54, 1.807) is 0 Å². The molecule has 0 bridgehead atoms. The van der Waals surface area contributed by atoms with Crippen LogP contribution in [0.15, 0.2) is 0 Å². The maximum atomic E-state index is 5.42. The zero-order chi connectivity index (χ0) is 12.4. The standard InChI is InChI=1S/C14H29NO/c1-13(2,3)14(4,5)15(6)9-7-12-8-10-16-11-12/h12H,7-11H2,1-6H3. The van der Waals surface area contributed by atoms with E-state index in [-0.39, 0.29) is 5.54 Å². The molecule has 1 unspecified atom stereocenters.